The van der Waals surface area contributed by atoms with Crippen molar-refractivity contribution >= 4 is 40.7 Å². The summed E-state index contributed by atoms with van der Waals surface area (Å²) in [6, 6.07) is 6.88. The van der Waals surface area contributed by atoms with Gasteiger partial charge in [0, 0.05) is 37.3 Å². The Hall–Kier alpha value is -1.92. The summed E-state index contributed by atoms with van der Waals surface area (Å²) in [6.45, 7) is 4.32. The zero-order valence-electron chi connectivity index (χ0n) is 12.6. The molecule has 8 heteroatoms. The van der Waals surface area contributed by atoms with E-state index in [-0.39, 0.29) is 6.03 Å². The standard InChI is InChI=1S/C15H16Cl2N4O2/c1-10-8-14(19-23-10)18-15(22)21-6-4-20(5-7-21)13-9-11(16)2-3-12(13)17/h2-3,8-9H,4-7H2,1H3,(H,18,19,22). The van der Waals surface area contributed by atoms with E-state index in [1.165, 1.54) is 0 Å². The minimum absolute atomic E-state index is 0.185. The minimum Gasteiger partial charge on any atom is -0.367 e. The van der Waals surface area contributed by atoms with Crippen molar-refractivity contribution in [3.63, 3.8) is 0 Å². The highest BCUT2D eigenvalue weighted by atomic mass is 35.5. The molecule has 6 nitrogen and oxygen atoms in total. The highest BCUT2D eigenvalue weighted by Crippen LogP contribution is 2.29. The first-order chi connectivity index (χ1) is 11.0. The number of rotatable bonds is 2. The number of amides is 2. The maximum Gasteiger partial charge on any atom is 0.323 e. The van der Waals surface area contributed by atoms with Gasteiger partial charge < -0.3 is 14.3 Å². The number of aromatic nitrogens is 1. The molecule has 1 aromatic carbocycles. The Morgan fingerprint density at radius 3 is 2.61 bits per heavy atom. The third-order valence-corrected chi connectivity index (χ3v) is 4.23. The second-order valence-electron chi connectivity index (χ2n) is 5.32. The number of carbonyl (C=O) groups excluding carboxylic acids is 1. The lowest BCUT2D eigenvalue weighted by Crippen LogP contribution is -2.50. The fourth-order valence-electron chi connectivity index (χ4n) is 2.49. The van der Waals surface area contributed by atoms with Crippen molar-refractivity contribution in [1.82, 2.24) is 10.1 Å². The third kappa shape index (κ3) is 3.71. The van der Waals surface area contributed by atoms with Crippen molar-refractivity contribution in [3.8, 4) is 0 Å². The molecule has 0 spiro atoms. The monoisotopic (exact) mass is 354 g/mol. The predicted octanol–water partition coefficient (Wildman–Crippen LogP) is 3.64. The van der Waals surface area contributed by atoms with Crippen LogP contribution in [0.2, 0.25) is 10.0 Å². The molecule has 23 heavy (non-hydrogen) atoms. The first-order valence-electron chi connectivity index (χ1n) is 7.22. The van der Waals surface area contributed by atoms with Crippen LogP contribution >= 0.6 is 23.2 Å². The van der Waals surface area contributed by atoms with E-state index >= 15 is 0 Å². The van der Waals surface area contributed by atoms with Crippen LogP contribution in [0.4, 0.5) is 16.3 Å². The van der Waals surface area contributed by atoms with Gasteiger partial charge in [0.25, 0.3) is 0 Å². The van der Waals surface area contributed by atoms with E-state index < -0.39 is 0 Å². The molecule has 1 saturated heterocycles. The van der Waals surface area contributed by atoms with Gasteiger partial charge in [-0.25, -0.2) is 4.79 Å². The summed E-state index contributed by atoms with van der Waals surface area (Å²) < 4.78 is 4.93. The smallest absolute Gasteiger partial charge is 0.323 e. The number of aryl methyl sites for hydroxylation is 1. The fraction of sp³-hybridized carbons (Fsp3) is 0.333. The van der Waals surface area contributed by atoms with Gasteiger partial charge >= 0.3 is 6.03 Å². The number of anilines is 2. The van der Waals surface area contributed by atoms with Gasteiger partial charge in [0.05, 0.1) is 10.7 Å². The molecule has 2 amide bonds. The van der Waals surface area contributed by atoms with E-state index in [1.54, 1.807) is 30.0 Å². The lowest BCUT2D eigenvalue weighted by Gasteiger charge is -2.36. The molecule has 1 fully saturated rings. The van der Waals surface area contributed by atoms with Gasteiger partial charge in [-0.1, -0.05) is 28.4 Å². The lowest BCUT2D eigenvalue weighted by atomic mass is 10.2. The number of halogens is 2. The fourth-order valence-corrected chi connectivity index (χ4v) is 2.90. The van der Waals surface area contributed by atoms with Crippen molar-refractivity contribution in [3.05, 3.63) is 40.1 Å². The topological polar surface area (TPSA) is 61.6 Å². The SMILES string of the molecule is Cc1cc(NC(=O)N2CCN(c3cc(Cl)ccc3Cl)CC2)no1. The second-order valence-corrected chi connectivity index (χ2v) is 6.17. The van der Waals surface area contributed by atoms with Gasteiger partial charge in [0.2, 0.25) is 0 Å². The van der Waals surface area contributed by atoms with Crippen LogP contribution in [0, 0.1) is 6.92 Å². The Balaban J connectivity index is 1.59. The molecule has 0 atom stereocenters. The third-order valence-electron chi connectivity index (χ3n) is 3.68. The van der Waals surface area contributed by atoms with Gasteiger partial charge in [0.15, 0.2) is 5.82 Å². The van der Waals surface area contributed by atoms with E-state index in [0.29, 0.717) is 47.8 Å². The van der Waals surface area contributed by atoms with Gasteiger partial charge in [-0.2, -0.15) is 0 Å². The van der Waals surface area contributed by atoms with Crippen LogP contribution in [0.3, 0.4) is 0 Å². The summed E-state index contributed by atoms with van der Waals surface area (Å²) in [6.07, 6.45) is 0. The van der Waals surface area contributed by atoms with Crippen LogP contribution in [0.25, 0.3) is 0 Å². The zero-order chi connectivity index (χ0) is 16.4. The van der Waals surface area contributed by atoms with Crippen molar-refractivity contribution in [2.45, 2.75) is 6.92 Å². The number of urea groups is 1. The molecular formula is C15H16Cl2N4O2. The number of nitrogens with zero attached hydrogens (tertiary/aromatic N) is 3. The van der Waals surface area contributed by atoms with E-state index in [0.717, 1.165) is 5.69 Å². The van der Waals surface area contributed by atoms with Gasteiger partial charge in [-0.3, -0.25) is 5.32 Å². The first-order valence-corrected chi connectivity index (χ1v) is 7.98. The van der Waals surface area contributed by atoms with Crippen LogP contribution in [0.5, 0.6) is 0 Å². The summed E-state index contributed by atoms with van der Waals surface area (Å²) in [7, 11) is 0. The molecule has 3 rings (SSSR count). The van der Waals surface area contributed by atoms with Crippen molar-refractivity contribution in [2.24, 2.45) is 0 Å². The maximum absolute atomic E-state index is 12.2. The summed E-state index contributed by atoms with van der Waals surface area (Å²) in [5.41, 5.74) is 0.895. The minimum atomic E-state index is -0.185. The molecule has 1 aromatic heterocycles. The number of carbonyl (C=O) groups is 1. The highest BCUT2D eigenvalue weighted by molar-refractivity contribution is 6.35. The van der Waals surface area contributed by atoms with Crippen LogP contribution < -0.4 is 10.2 Å². The van der Waals surface area contributed by atoms with E-state index in [2.05, 4.69) is 15.4 Å². The molecule has 2 heterocycles. The molecule has 0 aliphatic carbocycles. The van der Waals surface area contributed by atoms with Gasteiger partial charge in [-0.05, 0) is 25.1 Å². The zero-order valence-corrected chi connectivity index (χ0v) is 14.1. The van der Waals surface area contributed by atoms with Crippen LogP contribution in [-0.2, 0) is 0 Å². The van der Waals surface area contributed by atoms with Crippen LogP contribution in [-0.4, -0.2) is 42.3 Å². The van der Waals surface area contributed by atoms with Crippen LogP contribution in [0.1, 0.15) is 5.76 Å². The number of hydrogen-bond acceptors (Lipinski definition) is 4. The maximum atomic E-state index is 12.2. The number of piperazine rings is 1. The lowest BCUT2D eigenvalue weighted by molar-refractivity contribution is 0.208. The predicted molar refractivity (Wildman–Crippen MR) is 90.5 cm³/mol. The Labute approximate surface area is 143 Å². The number of nitrogens with one attached hydrogen (secondary N) is 1. The molecule has 1 N–H and O–H groups in total. The Bertz CT molecular complexity index is 711. The van der Waals surface area contributed by atoms with Crippen molar-refractivity contribution in [1.29, 1.82) is 0 Å². The molecule has 0 saturated carbocycles. The Kier molecular flexibility index (Phi) is 4.63. The van der Waals surface area contributed by atoms with E-state index in [1.807, 2.05) is 6.07 Å². The average molecular weight is 355 g/mol. The van der Waals surface area contributed by atoms with Crippen LogP contribution in [0.15, 0.2) is 28.8 Å². The van der Waals surface area contributed by atoms with E-state index in [9.17, 15) is 4.79 Å². The molecule has 1 aliphatic heterocycles. The van der Waals surface area contributed by atoms with Crippen molar-refractivity contribution < 1.29 is 9.32 Å². The second kappa shape index (κ2) is 6.68. The molecule has 0 unspecified atom stereocenters. The summed E-state index contributed by atoms with van der Waals surface area (Å²) in [5.74, 6) is 1.08. The molecule has 2 aromatic rings. The van der Waals surface area contributed by atoms with E-state index in [4.69, 9.17) is 27.7 Å². The van der Waals surface area contributed by atoms with Gasteiger partial charge in [-0.15, -0.1) is 0 Å². The average Bonchev–Trinajstić information content (AvgIpc) is 2.95. The molecule has 1 aliphatic rings. The Morgan fingerprint density at radius 2 is 1.96 bits per heavy atom. The quantitative estimate of drug-likeness (QED) is 0.893. The highest BCUT2D eigenvalue weighted by Gasteiger charge is 2.23. The normalized spacial score (nSPS) is 14.9. The molecular weight excluding hydrogens is 339 g/mol. The first kappa shape index (κ1) is 16.0. The molecule has 122 valence electrons. The molecule has 0 bridgehead atoms. The molecule has 0 radical (unpaired) electrons. The van der Waals surface area contributed by atoms with Crippen molar-refractivity contribution in [2.75, 3.05) is 36.4 Å². The number of hydrogen-bond donors (Lipinski definition) is 1. The summed E-state index contributed by atoms with van der Waals surface area (Å²) in [4.78, 5) is 16.1. The number of benzene rings is 1. The summed E-state index contributed by atoms with van der Waals surface area (Å²) >= 11 is 12.3. The van der Waals surface area contributed by atoms with Gasteiger partial charge in [0.1, 0.15) is 5.76 Å². The Morgan fingerprint density at radius 1 is 1.22 bits per heavy atom. The summed E-state index contributed by atoms with van der Waals surface area (Å²) in [5, 5.41) is 7.78. The largest absolute Gasteiger partial charge is 0.367 e.